The van der Waals surface area contributed by atoms with Crippen molar-refractivity contribution in [3.8, 4) is 11.3 Å². The van der Waals surface area contributed by atoms with Crippen LogP contribution < -0.4 is 9.80 Å². The fourth-order valence-electron chi connectivity index (χ4n) is 3.67. The number of nitrogens with zero attached hydrogens (tertiary/aromatic N) is 5. The van der Waals surface area contributed by atoms with Crippen LogP contribution in [0.4, 0.5) is 15.9 Å². The highest BCUT2D eigenvalue weighted by Crippen LogP contribution is 2.35. The number of hydrogen-bond donors (Lipinski definition) is 1. The second-order valence-electron chi connectivity index (χ2n) is 7.05. The van der Waals surface area contributed by atoms with Crippen LogP contribution in [-0.4, -0.2) is 46.3 Å². The maximum atomic E-state index is 13.2. The number of H-pyrrole nitrogens is 1. The number of anilines is 2. The molecule has 4 aromatic rings. The zero-order valence-electron chi connectivity index (χ0n) is 15.8. The van der Waals surface area contributed by atoms with E-state index in [9.17, 15) is 4.39 Å². The van der Waals surface area contributed by atoms with Gasteiger partial charge in [-0.3, -0.25) is 5.10 Å². The Morgan fingerprint density at radius 3 is 2.43 bits per heavy atom. The molecule has 0 atom stereocenters. The largest absolute Gasteiger partial charge is 0.368 e. The Morgan fingerprint density at radius 1 is 0.933 bits per heavy atom. The van der Waals surface area contributed by atoms with E-state index in [1.165, 1.54) is 12.1 Å². The van der Waals surface area contributed by atoms with Crippen molar-refractivity contribution in [3.63, 3.8) is 0 Å². The molecule has 2 aromatic carbocycles. The van der Waals surface area contributed by atoms with Gasteiger partial charge in [0.2, 0.25) is 0 Å². The fourth-order valence-corrected chi connectivity index (χ4v) is 4.06. The van der Waals surface area contributed by atoms with E-state index in [1.807, 2.05) is 24.3 Å². The van der Waals surface area contributed by atoms with Gasteiger partial charge in [0, 0.05) is 37.4 Å². The molecule has 1 N–H and O–H groups in total. The number of benzene rings is 2. The Hall–Kier alpha value is -2.90. The smallest absolute Gasteiger partial charge is 0.177 e. The van der Waals surface area contributed by atoms with Gasteiger partial charge in [-0.15, -0.1) is 0 Å². The van der Waals surface area contributed by atoms with Crippen LogP contribution in [0.15, 0.2) is 48.7 Å². The minimum atomic E-state index is -0.223. The molecule has 5 rings (SSSR count). The zero-order valence-corrected chi connectivity index (χ0v) is 17.3. The standard InChI is InChI=1S/C21H17Cl2FN6/c22-16-3-1-2-15(18(16)23)19-20-21(28-27-19)26-17(12-25-20)30-10-8-29(9-11-30)14-6-4-13(24)5-7-14/h1-7,12H,8-11H2,(H,26,27,28). The highest BCUT2D eigenvalue weighted by atomic mass is 35.5. The lowest BCUT2D eigenvalue weighted by Crippen LogP contribution is -2.46. The third-order valence-electron chi connectivity index (χ3n) is 5.26. The van der Waals surface area contributed by atoms with Gasteiger partial charge in [0.05, 0.1) is 16.2 Å². The second kappa shape index (κ2) is 7.74. The summed E-state index contributed by atoms with van der Waals surface area (Å²) in [6.45, 7) is 3.22. The first-order valence-electron chi connectivity index (χ1n) is 9.51. The van der Waals surface area contributed by atoms with Crippen LogP contribution in [0.25, 0.3) is 22.4 Å². The summed E-state index contributed by atoms with van der Waals surface area (Å²) >= 11 is 12.5. The lowest BCUT2D eigenvalue weighted by molar-refractivity contribution is 0.624. The van der Waals surface area contributed by atoms with Crippen molar-refractivity contribution in [2.24, 2.45) is 0 Å². The summed E-state index contributed by atoms with van der Waals surface area (Å²) in [5, 5.41) is 8.22. The number of aromatic amines is 1. The van der Waals surface area contributed by atoms with Gasteiger partial charge < -0.3 is 9.80 Å². The van der Waals surface area contributed by atoms with E-state index in [4.69, 9.17) is 28.2 Å². The van der Waals surface area contributed by atoms with Crippen molar-refractivity contribution < 1.29 is 4.39 Å². The van der Waals surface area contributed by atoms with E-state index in [0.717, 1.165) is 37.7 Å². The van der Waals surface area contributed by atoms with Crippen molar-refractivity contribution in [1.29, 1.82) is 0 Å². The molecule has 1 saturated heterocycles. The predicted molar refractivity (Wildman–Crippen MR) is 118 cm³/mol. The molecular weight excluding hydrogens is 426 g/mol. The Balaban J connectivity index is 1.36. The number of aromatic nitrogens is 4. The molecule has 0 saturated carbocycles. The van der Waals surface area contributed by atoms with Crippen molar-refractivity contribution in [2.75, 3.05) is 36.0 Å². The topological polar surface area (TPSA) is 60.9 Å². The Morgan fingerprint density at radius 2 is 1.67 bits per heavy atom. The minimum Gasteiger partial charge on any atom is -0.368 e. The second-order valence-corrected chi connectivity index (χ2v) is 7.83. The van der Waals surface area contributed by atoms with E-state index in [1.54, 1.807) is 12.3 Å². The number of nitrogens with one attached hydrogen (secondary N) is 1. The Labute approximate surface area is 182 Å². The molecule has 0 amide bonds. The lowest BCUT2D eigenvalue weighted by atomic mass is 10.1. The van der Waals surface area contributed by atoms with Gasteiger partial charge in [0.25, 0.3) is 0 Å². The van der Waals surface area contributed by atoms with Gasteiger partial charge in [0.15, 0.2) is 5.65 Å². The van der Waals surface area contributed by atoms with Gasteiger partial charge in [-0.05, 0) is 30.3 Å². The molecule has 0 radical (unpaired) electrons. The molecule has 0 aliphatic carbocycles. The molecule has 9 heteroatoms. The van der Waals surface area contributed by atoms with Crippen molar-refractivity contribution in [2.45, 2.75) is 0 Å². The van der Waals surface area contributed by atoms with E-state index < -0.39 is 0 Å². The highest BCUT2D eigenvalue weighted by molar-refractivity contribution is 6.43. The predicted octanol–water partition coefficient (Wildman–Crippen LogP) is 4.79. The average molecular weight is 443 g/mol. The SMILES string of the molecule is Fc1ccc(N2CCN(c3cnc4c(-c5cccc(Cl)c5Cl)n[nH]c4n3)CC2)cc1. The van der Waals surface area contributed by atoms with E-state index in [-0.39, 0.29) is 5.82 Å². The maximum Gasteiger partial charge on any atom is 0.177 e. The van der Waals surface area contributed by atoms with Gasteiger partial charge >= 0.3 is 0 Å². The van der Waals surface area contributed by atoms with Crippen LogP contribution >= 0.6 is 23.2 Å². The fraction of sp³-hybridized carbons (Fsp3) is 0.190. The van der Waals surface area contributed by atoms with Crippen LogP contribution in [0, 0.1) is 5.82 Å². The Kier molecular flexibility index (Phi) is 4.92. The summed E-state index contributed by atoms with van der Waals surface area (Å²) in [5.41, 5.74) is 3.60. The number of rotatable bonds is 3. The number of hydrogen-bond acceptors (Lipinski definition) is 5. The summed E-state index contributed by atoms with van der Waals surface area (Å²) in [6.07, 6.45) is 1.76. The lowest BCUT2D eigenvalue weighted by Gasteiger charge is -2.36. The monoisotopic (exact) mass is 442 g/mol. The van der Waals surface area contributed by atoms with Gasteiger partial charge in [-0.25, -0.2) is 14.4 Å². The van der Waals surface area contributed by atoms with Crippen LogP contribution in [0.5, 0.6) is 0 Å². The summed E-state index contributed by atoms with van der Waals surface area (Å²) < 4.78 is 13.2. The van der Waals surface area contributed by atoms with E-state index in [2.05, 4.69) is 25.0 Å². The summed E-state index contributed by atoms with van der Waals surface area (Å²) in [5.74, 6) is 0.563. The molecule has 6 nitrogen and oxygen atoms in total. The normalized spacial score (nSPS) is 14.5. The van der Waals surface area contributed by atoms with E-state index in [0.29, 0.717) is 32.5 Å². The summed E-state index contributed by atoms with van der Waals surface area (Å²) in [4.78, 5) is 13.7. The van der Waals surface area contributed by atoms with Crippen LogP contribution in [-0.2, 0) is 0 Å². The molecule has 1 aliphatic heterocycles. The van der Waals surface area contributed by atoms with Crippen molar-refractivity contribution in [3.05, 3.63) is 64.5 Å². The van der Waals surface area contributed by atoms with Crippen LogP contribution in [0.2, 0.25) is 10.0 Å². The third kappa shape index (κ3) is 3.44. The van der Waals surface area contributed by atoms with Gasteiger partial charge in [-0.2, -0.15) is 5.10 Å². The summed E-state index contributed by atoms with van der Waals surface area (Å²) in [7, 11) is 0. The summed E-state index contributed by atoms with van der Waals surface area (Å²) in [6, 6.07) is 12.0. The van der Waals surface area contributed by atoms with Crippen LogP contribution in [0.3, 0.4) is 0 Å². The molecule has 152 valence electrons. The molecule has 2 aromatic heterocycles. The molecule has 0 bridgehead atoms. The molecule has 30 heavy (non-hydrogen) atoms. The van der Waals surface area contributed by atoms with Crippen molar-refractivity contribution >= 4 is 45.9 Å². The third-order valence-corrected chi connectivity index (χ3v) is 6.08. The van der Waals surface area contributed by atoms with Gasteiger partial charge in [0.1, 0.15) is 22.8 Å². The number of halogens is 3. The number of fused-ring (bicyclic) bond motifs is 1. The number of piperazine rings is 1. The van der Waals surface area contributed by atoms with Gasteiger partial charge in [-0.1, -0.05) is 35.3 Å². The minimum absolute atomic E-state index is 0.223. The zero-order chi connectivity index (χ0) is 20.7. The van der Waals surface area contributed by atoms with E-state index >= 15 is 0 Å². The molecule has 3 heterocycles. The molecule has 0 unspecified atom stereocenters. The molecule has 0 spiro atoms. The molecule has 1 fully saturated rings. The highest BCUT2D eigenvalue weighted by Gasteiger charge is 2.21. The maximum absolute atomic E-state index is 13.2. The first-order chi connectivity index (χ1) is 14.6. The Bertz CT molecular complexity index is 1200. The quantitative estimate of drug-likeness (QED) is 0.493. The first-order valence-corrected chi connectivity index (χ1v) is 10.3. The molecular formula is C21H17Cl2FN6. The average Bonchev–Trinajstić information content (AvgIpc) is 3.19. The van der Waals surface area contributed by atoms with Crippen LogP contribution in [0.1, 0.15) is 0 Å². The first kappa shape index (κ1) is 19.1. The van der Waals surface area contributed by atoms with Crippen molar-refractivity contribution in [1.82, 2.24) is 20.2 Å². The molecule has 1 aliphatic rings.